The Hall–Kier alpha value is -2.83. The number of aromatic hydroxyl groups is 1. The van der Waals surface area contributed by atoms with E-state index in [1.807, 2.05) is 0 Å². The summed E-state index contributed by atoms with van der Waals surface area (Å²) in [6.45, 7) is 4.10. The highest BCUT2D eigenvalue weighted by molar-refractivity contribution is 6.03. The molecule has 0 aliphatic heterocycles. The molecule has 1 fully saturated rings. The number of rotatable bonds is 5. The average Bonchev–Trinajstić information content (AvgIpc) is 3.34. The Morgan fingerprint density at radius 2 is 2.04 bits per heavy atom. The maximum Gasteiger partial charge on any atom is 0.274 e. The molecule has 126 valence electrons. The van der Waals surface area contributed by atoms with Crippen LogP contribution in [0.25, 0.3) is 0 Å². The van der Waals surface area contributed by atoms with Crippen LogP contribution in [-0.2, 0) is 0 Å². The number of aryl methyl sites for hydroxylation is 2. The minimum absolute atomic E-state index is 0.0828. The first-order valence-corrected chi connectivity index (χ1v) is 7.79. The Morgan fingerprint density at radius 3 is 2.67 bits per heavy atom. The molecule has 2 heterocycles. The summed E-state index contributed by atoms with van der Waals surface area (Å²) < 4.78 is 6.51. The van der Waals surface area contributed by atoms with Gasteiger partial charge in [-0.15, -0.1) is 0 Å². The Balaban J connectivity index is 1.78. The molecule has 0 saturated heterocycles. The molecule has 1 amide bonds. The van der Waals surface area contributed by atoms with Crippen molar-refractivity contribution in [3.63, 3.8) is 0 Å². The summed E-state index contributed by atoms with van der Waals surface area (Å²) in [6, 6.07) is 1.44. The van der Waals surface area contributed by atoms with Crippen molar-refractivity contribution in [1.82, 2.24) is 4.98 Å². The third-order valence-electron chi connectivity index (χ3n) is 3.93. The van der Waals surface area contributed by atoms with Crippen molar-refractivity contribution in [3.05, 3.63) is 41.5 Å². The number of ether oxygens (including phenoxy) is 1. The Labute approximate surface area is 139 Å². The maximum absolute atomic E-state index is 12.4. The van der Waals surface area contributed by atoms with Crippen LogP contribution in [0.4, 0.5) is 5.69 Å². The summed E-state index contributed by atoms with van der Waals surface area (Å²) in [5.41, 5.74) is 2.20. The van der Waals surface area contributed by atoms with E-state index in [-0.39, 0.29) is 17.2 Å². The molecule has 3 rings (SSSR count). The van der Waals surface area contributed by atoms with Gasteiger partial charge in [0.25, 0.3) is 5.91 Å². The summed E-state index contributed by atoms with van der Waals surface area (Å²) in [6.07, 6.45) is 6.48. The molecule has 0 unspecified atom stereocenters. The summed E-state index contributed by atoms with van der Waals surface area (Å²) in [7, 11) is 0. The number of amides is 1. The van der Waals surface area contributed by atoms with Gasteiger partial charge in [0, 0.05) is 21.9 Å². The zero-order valence-electron chi connectivity index (χ0n) is 13.6. The van der Waals surface area contributed by atoms with E-state index < -0.39 is 5.91 Å². The van der Waals surface area contributed by atoms with Crippen molar-refractivity contribution < 1.29 is 24.6 Å². The molecule has 7 heteroatoms. The zero-order valence-corrected chi connectivity index (χ0v) is 13.6. The van der Waals surface area contributed by atoms with Crippen molar-refractivity contribution in [1.29, 1.82) is 0 Å². The standard InChI is InChI=1S/C17H19N3O4/c1-10-7-20(23)8-11(2)16(10)19-17(22)13-5-15(14(21)6-18-13)24-9-12-3-4-12/h5-8,12,23H,3-4,9H2,1-2H3,(H,21,22)/p+1. The van der Waals surface area contributed by atoms with E-state index in [2.05, 4.69) is 10.3 Å². The van der Waals surface area contributed by atoms with Crippen LogP contribution < -0.4 is 14.8 Å². The molecule has 0 bridgehead atoms. The molecular weight excluding hydrogens is 310 g/mol. The fraction of sp³-hybridized carbons (Fsp3) is 0.353. The zero-order chi connectivity index (χ0) is 17.3. The largest absolute Gasteiger partial charge is 0.503 e. The summed E-state index contributed by atoms with van der Waals surface area (Å²) in [5.74, 6) is 0.306. The lowest BCUT2D eigenvalue weighted by Gasteiger charge is -2.11. The number of hydrogen-bond donors (Lipinski definition) is 3. The number of nitrogens with one attached hydrogen (secondary N) is 1. The fourth-order valence-corrected chi connectivity index (χ4v) is 2.41. The minimum Gasteiger partial charge on any atom is -0.503 e. The van der Waals surface area contributed by atoms with Gasteiger partial charge >= 0.3 is 0 Å². The predicted molar refractivity (Wildman–Crippen MR) is 85.4 cm³/mol. The van der Waals surface area contributed by atoms with Crippen LogP contribution >= 0.6 is 0 Å². The van der Waals surface area contributed by atoms with Gasteiger partial charge in [0.1, 0.15) is 5.69 Å². The van der Waals surface area contributed by atoms with E-state index >= 15 is 0 Å². The van der Waals surface area contributed by atoms with Crippen LogP contribution in [-0.4, -0.2) is 27.8 Å². The summed E-state index contributed by atoms with van der Waals surface area (Å²) in [4.78, 5) is 16.4. The number of nitrogens with zero attached hydrogens (tertiary/aromatic N) is 2. The number of aromatic nitrogens is 2. The van der Waals surface area contributed by atoms with Crippen molar-refractivity contribution >= 4 is 11.6 Å². The molecule has 3 N–H and O–H groups in total. The van der Waals surface area contributed by atoms with Crippen LogP contribution in [0.2, 0.25) is 0 Å². The number of hydrogen-bond acceptors (Lipinski definition) is 5. The smallest absolute Gasteiger partial charge is 0.274 e. The molecule has 0 atom stereocenters. The van der Waals surface area contributed by atoms with E-state index in [0.29, 0.717) is 18.2 Å². The normalized spacial score (nSPS) is 13.6. The van der Waals surface area contributed by atoms with Crippen LogP contribution in [0.1, 0.15) is 34.5 Å². The minimum atomic E-state index is -0.409. The van der Waals surface area contributed by atoms with Crippen molar-refractivity contribution in [3.8, 4) is 11.5 Å². The molecule has 0 spiro atoms. The van der Waals surface area contributed by atoms with Crippen LogP contribution in [0.5, 0.6) is 11.5 Å². The topological polar surface area (TPSA) is 95.6 Å². The molecular formula is C17H20N3O4+. The molecule has 2 aromatic rings. The van der Waals surface area contributed by atoms with E-state index in [0.717, 1.165) is 28.7 Å². The van der Waals surface area contributed by atoms with Crippen LogP contribution in [0, 0.1) is 19.8 Å². The summed E-state index contributed by atoms with van der Waals surface area (Å²) in [5, 5.41) is 22.1. The van der Waals surface area contributed by atoms with E-state index in [1.165, 1.54) is 24.7 Å². The molecule has 1 aliphatic carbocycles. The van der Waals surface area contributed by atoms with Crippen molar-refractivity contribution in [2.75, 3.05) is 11.9 Å². The second-order valence-corrected chi connectivity index (χ2v) is 6.13. The fourth-order valence-electron chi connectivity index (χ4n) is 2.41. The van der Waals surface area contributed by atoms with Gasteiger partial charge in [0.15, 0.2) is 11.5 Å². The molecule has 7 nitrogen and oxygen atoms in total. The van der Waals surface area contributed by atoms with Crippen LogP contribution in [0.15, 0.2) is 24.7 Å². The van der Waals surface area contributed by atoms with Gasteiger partial charge in [0.05, 0.1) is 18.5 Å². The molecule has 0 aromatic carbocycles. The lowest BCUT2D eigenvalue weighted by Crippen LogP contribution is -2.30. The Morgan fingerprint density at radius 1 is 1.38 bits per heavy atom. The van der Waals surface area contributed by atoms with Gasteiger partial charge in [-0.2, -0.15) is 0 Å². The third kappa shape index (κ3) is 3.56. The van der Waals surface area contributed by atoms with Crippen molar-refractivity contribution in [2.24, 2.45) is 5.92 Å². The first-order chi connectivity index (χ1) is 11.4. The Kier molecular flexibility index (Phi) is 4.24. The van der Waals surface area contributed by atoms with Gasteiger partial charge in [-0.1, -0.05) is 0 Å². The first kappa shape index (κ1) is 16.0. The number of carbonyl (C=O) groups is 1. The van der Waals surface area contributed by atoms with E-state index in [4.69, 9.17) is 4.74 Å². The van der Waals surface area contributed by atoms with Gasteiger partial charge < -0.3 is 15.2 Å². The third-order valence-corrected chi connectivity index (χ3v) is 3.93. The lowest BCUT2D eigenvalue weighted by atomic mass is 10.1. The monoisotopic (exact) mass is 330 g/mol. The highest BCUT2D eigenvalue weighted by atomic mass is 16.5. The van der Waals surface area contributed by atoms with Gasteiger partial charge in [0.2, 0.25) is 12.4 Å². The van der Waals surface area contributed by atoms with Crippen molar-refractivity contribution in [2.45, 2.75) is 26.7 Å². The SMILES string of the molecule is Cc1c[n+](O)cc(C)c1NC(=O)c1cc(OCC2CC2)c(O)cn1. The molecule has 1 aliphatic rings. The van der Waals surface area contributed by atoms with E-state index in [1.54, 1.807) is 13.8 Å². The number of pyridine rings is 2. The second-order valence-electron chi connectivity index (χ2n) is 6.13. The molecule has 0 radical (unpaired) electrons. The quantitative estimate of drug-likeness (QED) is 0.575. The van der Waals surface area contributed by atoms with Gasteiger partial charge in [-0.25, -0.2) is 4.98 Å². The van der Waals surface area contributed by atoms with Gasteiger partial charge in [-0.3, -0.25) is 10.0 Å². The lowest BCUT2D eigenvalue weighted by molar-refractivity contribution is -0.905. The van der Waals surface area contributed by atoms with Crippen LogP contribution in [0.3, 0.4) is 0 Å². The number of carbonyl (C=O) groups excluding carboxylic acids is 1. The second kappa shape index (κ2) is 6.35. The van der Waals surface area contributed by atoms with Gasteiger partial charge in [-0.05, 0) is 32.6 Å². The summed E-state index contributed by atoms with van der Waals surface area (Å²) >= 11 is 0. The Bertz CT molecular complexity index is 764. The average molecular weight is 330 g/mol. The first-order valence-electron chi connectivity index (χ1n) is 7.79. The molecule has 1 saturated carbocycles. The highest BCUT2D eigenvalue weighted by Gasteiger charge is 2.23. The maximum atomic E-state index is 12.4. The molecule has 24 heavy (non-hydrogen) atoms. The highest BCUT2D eigenvalue weighted by Crippen LogP contribution is 2.32. The predicted octanol–water partition coefficient (Wildman–Crippen LogP) is 1.97. The molecule has 2 aromatic heterocycles. The number of anilines is 1. The van der Waals surface area contributed by atoms with E-state index in [9.17, 15) is 15.1 Å².